The Morgan fingerprint density at radius 1 is 1.00 bits per heavy atom. The molecule has 0 radical (unpaired) electrons. The number of hydrogen-bond acceptors (Lipinski definition) is 2. The number of halogens is 3. The maximum atomic E-state index is 13.5. The van der Waals surface area contributed by atoms with Crippen molar-refractivity contribution in [2.24, 2.45) is 0 Å². The van der Waals surface area contributed by atoms with E-state index in [-0.39, 0.29) is 17.1 Å². The van der Waals surface area contributed by atoms with Gasteiger partial charge in [-0.1, -0.05) is 12.1 Å². The van der Waals surface area contributed by atoms with Crippen molar-refractivity contribution in [3.63, 3.8) is 0 Å². The van der Waals surface area contributed by atoms with Crippen LogP contribution in [0.4, 0.5) is 13.2 Å². The van der Waals surface area contributed by atoms with Crippen molar-refractivity contribution >= 4 is 0 Å². The molecule has 94 valence electrons. The van der Waals surface area contributed by atoms with Crippen molar-refractivity contribution in [3.8, 4) is 22.6 Å². The Labute approximate surface area is 101 Å². The molecule has 0 aliphatic carbocycles. The molecular weight excluding hydrogens is 245 g/mol. The van der Waals surface area contributed by atoms with Gasteiger partial charge in [0.05, 0.1) is 0 Å². The maximum absolute atomic E-state index is 13.5. The first-order valence-electron chi connectivity index (χ1n) is 5.10. The fourth-order valence-corrected chi connectivity index (χ4v) is 1.55. The molecule has 0 aromatic heterocycles. The molecule has 18 heavy (non-hydrogen) atoms. The highest BCUT2D eigenvalue weighted by Gasteiger charge is 2.07. The van der Waals surface area contributed by atoms with Crippen LogP contribution in [-0.4, -0.2) is 11.7 Å². The van der Waals surface area contributed by atoms with Gasteiger partial charge in [0, 0.05) is 11.6 Å². The van der Waals surface area contributed by atoms with Gasteiger partial charge < -0.3 is 9.84 Å². The van der Waals surface area contributed by atoms with E-state index in [1.165, 1.54) is 36.4 Å². The Morgan fingerprint density at radius 2 is 1.67 bits per heavy atom. The average molecular weight is 254 g/mol. The quantitative estimate of drug-likeness (QED) is 0.902. The van der Waals surface area contributed by atoms with Gasteiger partial charge in [-0.05, 0) is 29.8 Å². The Balaban J connectivity index is 2.28. The van der Waals surface area contributed by atoms with Gasteiger partial charge >= 0.3 is 6.61 Å². The van der Waals surface area contributed by atoms with Crippen molar-refractivity contribution in [3.05, 3.63) is 48.3 Å². The number of benzene rings is 2. The van der Waals surface area contributed by atoms with Crippen molar-refractivity contribution in [1.29, 1.82) is 0 Å². The Morgan fingerprint density at radius 3 is 2.22 bits per heavy atom. The third kappa shape index (κ3) is 2.74. The summed E-state index contributed by atoms with van der Waals surface area (Å²) in [5.41, 5.74) is 0.783. The van der Waals surface area contributed by atoms with Crippen LogP contribution in [0, 0.1) is 5.82 Å². The van der Waals surface area contributed by atoms with Gasteiger partial charge in [0.15, 0.2) is 0 Å². The van der Waals surface area contributed by atoms with Crippen LogP contribution in [0.3, 0.4) is 0 Å². The minimum Gasteiger partial charge on any atom is -0.508 e. The Hall–Kier alpha value is -2.17. The average Bonchev–Trinajstić information content (AvgIpc) is 2.30. The van der Waals surface area contributed by atoms with Crippen LogP contribution < -0.4 is 4.74 Å². The molecule has 0 aliphatic heterocycles. The number of phenols is 1. The van der Waals surface area contributed by atoms with Crippen LogP contribution in [0.5, 0.6) is 11.5 Å². The topological polar surface area (TPSA) is 29.5 Å². The molecule has 0 amide bonds. The van der Waals surface area contributed by atoms with Gasteiger partial charge in [-0.2, -0.15) is 8.78 Å². The van der Waals surface area contributed by atoms with Gasteiger partial charge in [-0.25, -0.2) is 4.39 Å². The van der Waals surface area contributed by atoms with Gasteiger partial charge in [0.1, 0.15) is 17.3 Å². The second-order valence-corrected chi connectivity index (χ2v) is 3.57. The predicted octanol–water partition coefficient (Wildman–Crippen LogP) is 3.80. The van der Waals surface area contributed by atoms with Crippen LogP contribution in [-0.2, 0) is 0 Å². The van der Waals surface area contributed by atoms with Crippen LogP contribution >= 0.6 is 0 Å². The highest BCUT2D eigenvalue weighted by molar-refractivity contribution is 5.65. The molecule has 0 bridgehead atoms. The summed E-state index contributed by atoms with van der Waals surface area (Å²) in [7, 11) is 0. The molecular formula is C13H9F3O2. The van der Waals surface area contributed by atoms with Crippen molar-refractivity contribution in [2.45, 2.75) is 6.61 Å². The molecule has 2 aromatic carbocycles. The molecule has 0 atom stereocenters. The van der Waals surface area contributed by atoms with E-state index in [4.69, 9.17) is 5.11 Å². The minimum absolute atomic E-state index is 0.00735. The smallest absolute Gasteiger partial charge is 0.387 e. The first kappa shape index (κ1) is 12.3. The molecule has 0 fully saturated rings. The zero-order chi connectivity index (χ0) is 13.1. The molecule has 0 aliphatic rings. The number of alkyl halides is 2. The Bertz CT molecular complexity index is 538. The standard InChI is InChI=1S/C13H9F3O2/c14-12-7-9(17)3-6-11(12)8-1-4-10(5-2-8)18-13(15)16/h1-7,13,17H. The summed E-state index contributed by atoms with van der Waals surface area (Å²) >= 11 is 0. The van der Waals surface area contributed by atoms with E-state index < -0.39 is 12.4 Å². The van der Waals surface area contributed by atoms with Crippen molar-refractivity contribution < 1.29 is 23.0 Å². The third-order valence-corrected chi connectivity index (χ3v) is 2.34. The third-order valence-electron chi connectivity index (χ3n) is 2.34. The number of rotatable bonds is 3. The number of phenolic OH excluding ortho intramolecular Hbond substituents is 1. The molecule has 2 rings (SSSR count). The van der Waals surface area contributed by atoms with Crippen LogP contribution in [0.1, 0.15) is 0 Å². The molecule has 0 heterocycles. The SMILES string of the molecule is Oc1ccc(-c2ccc(OC(F)F)cc2)c(F)c1. The van der Waals surface area contributed by atoms with Crippen LogP contribution in [0.2, 0.25) is 0 Å². The lowest BCUT2D eigenvalue weighted by Gasteiger charge is -2.07. The molecule has 0 spiro atoms. The lowest BCUT2D eigenvalue weighted by atomic mass is 10.0. The summed E-state index contributed by atoms with van der Waals surface area (Å²) in [5, 5.41) is 9.08. The van der Waals surface area contributed by atoms with E-state index in [1.54, 1.807) is 0 Å². The summed E-state index contributed by atoms with van der Waals surface area (Å²) in [4.78, 5) is 0. The number of ether oxygens (including phenoxy) is 1. The summed E-state index contributed by atoms with van der Waals surface area (Å²) in [6, 6.07) is 9.33. The lowest BCUT2D eigenvalue weighted by molar-refractivity contribution is -0.0498. The largest absolute Gasteiger partial charge is 0.508 e. The summed E-state index contributed by atoms with van der Waals surface area (Å²) in [5.74, 6) is -0.751. The highest BCUT2D eigenvalue weighted by atomic mass is 19.3. The maximum Gasteiger partial charge on any atom is 0.387 e. The van der Waals surface area contributed by atoms with Gasteiger partial charge in [-0.15, -0.1) is 0 Å². The van der Waals surface area contributed by atoms with Gasteiger partial charge in [-0.3, -0.25) is 0 Å². The molecule has 2 nitrogen and oxygen atoms in total. The first-order valence-corrected chi connectivity index (χ1v) is 5.10. The zero-order valence-corrected chi connectivity index (χ0v) is 9.11. The van der Waals surface area contributed by atoms with E-state index in [0.29, 0.717) is 5.56 Å². The molecule has 0 saturated carbocycles. The van der Waals surface area contributed by atoms with E-state index >= 15 is 0 Å². The second kappa shape index (κ2) is 5.00. The predicted molar refractivity (Wildman–Crippen MR) is 60.1 cm³/mol. The molecule has 5 heteroatoms. The Kier molecular flexibility index (Phi) is 3.41. The van der Waals surface area contributed by atoms with Crippen LogP contribution in [0.15, 0.2) is 42.5 Å². The molecule has 1 N–H and O–H groups in total. The van der Waals surface area contributed by atoms with Gasteiger partial charge in [0.25, 0.3) is 0 Å². The van der Waals surface area contributed by atoms with Crippen molar-refractivity contribution in [1.82, 2.24) is 0 Å². The van der Waals surface area contributed by atoms with Crippen LogP contribution in [0.25, 0.3) is 11.1 Å². The van der Waals surface area contributed by atoms with E-state index in [1.807, 2.05) is 0 Å². The lowest BCUT2D eigenvalue weighted by Crippen LogP contribution is -2.01. The van der Waals surface area contributed by atoms with Crippen molar-refractivity contribution in [2.75, 3.05) is 0 Å². The van der Waals surface area contributed by atoms with E-state index in [2.05, 4.69) is 4.74 Å². The van der Waals surface area contributed by atoms with E-state index in [9.17, 15) is 13.2 Å². The van der Waals surface area contributed by atoms with Gasteiger partial charge in [0.2, 0.25) is 0 Å². The number of aromatic hydroxyl groups is 1. The minimum atomic E-state index is -2.89. The zero-order valence-electron chi connectivity index (χ0n) is 9.11. The fraction of sp³-hybridized carbons (Fsp3) is 0.0769. The molecule has 0 unspecified atom stereocenters. The fourth-order valence-electron chi connectivity index (χ4n) is 1.55. The normalized spacial score (nSPS) is 10.7. The summed E-state index contributed by atoms with van der Waals surface area (Å²) in [6.07, 6.45) is 0. The monoisotopic (exact) mass is 254 g/mol. The summed E-state index contributed by atoms with van der Waals surface area (Å²) in [6.45, 7) is -2.89. The highest BCUT2D eigenvalue weighted by Crippen LogP contribution is 2.27. The second-order valence-electron chi connectivity index (χ2n) is 3.57. The van der Waals surface area contributed by atoms with E-state index in [0.717, 1.165) is 6.07 Å². The molecule has 0 saturated heterocycles. The number of hydrogen-bond donors (Lipinski definition) is 1. The first-order chi connectivity index (χ1) is 8.56. The molecule has 2 aromatic rings. The summed E-state index contributed by atoms with van der Waals surface area (Å²) < 4.78 is 41.6.